The first kappa shape index (κ1) is 16.7. The Balaban J connectivity index is 3.15. The Morgan fingerprint density at radius 2 is 1.90 bits per heavy atom. The molecule has 5 nitrogen and oxygen atoms in total. The lowest BCUT2D eigenvalue weighted by Crippen LogP contribution is -2.38. The number of nitriles is 1. The molecule has 1 rings (SSSR count). The molecule has 1 atom stereocenters. The molecule has 1 aromatic rings. The molecule has 0 spiro atoms. The van der Waals surface area contributed by atoms with E-state index in [9.17, 15) is 14.9 Å². The number of amides is 1. The van der Waals surface area contributed by atoms with Crippen LogP contribution in [0.2, 0.25) is 0 Å². The molecule has 0 aliphatic heterocycles. The van der Waals surface area contributed by atoms with Crippen LogP contribution in [0.3, 0.4) is 0 Å². The number of aliphatic carboxylic acids is 1. The van der Waals surface area contributed by atoms with Crippen LogP contribution in [0.5, 0.6) is 0 Å². The summed E-state index contributed by atoms with van der Waals surface area (Å²) in [4.78, 5) is 24.9. The number of carbonyl (C=O) groups excluding carboxylic acids is 1. The van der Waals surface area contributed by atoms with Crippen molar-refractivity contribution < 1.29 is 14.7 Å². The molecule has 1 amide bonds. The van der Waals surface area contributed by atoms with Crippen LogP contribution in [0, 0.1) is 23.2 Å². The molecule has 1 aromatic carbocycles. The lowest BCUT2D eigenvalue weighted by molar-refractivity contribution is -0.140. The van der Waals surface area contributed by atoms with Gasteiger partial charge in [-0.25, -0.2) is 0 Å². The second-order valence-electron chi connectivity index (χ2n) is 5.47. The average molecular weight is 288 g/mol. The van der Waals surface area contributed by atoms with E-state index in [-0.39, 0.29) is 18.4 Å². The summed E-state index contributed by atoms with van der Waals surface area (Å²) in [6, 6.07) is 8.79. The highest BCUT2D eigenvalue weighted by molar-refractivity contribution is 5.95. The van der Waals surface area contributed by atoms with Crippen LogP contribution in [0.1, 0.15) is 32.8 Å². The molecule has 0 heterocycles. The van der Waals surface area contributed by atoms with Gasteiger partial charge in [-0.15, -0.1) is 0 Å². The number of para-hydroxylation sites is 1. The molecule has 0 aromatic heterocycles. The van der Waals surface area contributed by atoms with Crippen LogP contribution in [0.15, 0.2) is 24.3 Å². The second kappa shape index (κ2) is 7.44. The van der Waals surface area contributed by atoms with Crippen molar-refractivity contribution in [1.82, 2.24) is 0 Å². The summed E-state index contributed by atoms with van der Waals surface area (Å²) in [5, 5.41) is 18.2. The predicted octanol–water partition coefficient (Wildman–Crippen LogP) is 2.66. The lowest BCUT2D eigenvalue weighted by Gasteiger charge is -2.26. The molecule has 1 N–H and O–H groups in total. The van der Waals surface area contributed by atoms with Gasteiger partial charge in [-0.05, 0) is 18.1 Å². The van der Waals surface area contributed by atoms with Crippen LogP contribution in [-0.2, 0) is 9.59 Å². The van der Waals surface area contributed by atoms with E-state index in [1.807, 2.05) is 19.9 Å². The summed E-state index contributed by atoms with van der Waals surface area (Å²) in [6.45, 7) is 5.45. The Hall–Kier alpha value is -2.35. The third-order valence-corrected chi connectivity index (χ3v) is 3.08. The van der Waals surface area contributed by atoms with E-state index in [2.05, 4.69) is 0 Å². The molecule has 21 heavy (non-hydrogen) atoms. The predicted molar refractivity (Wildman–Crippen MR) is 79.8 cm³/mol. The molecular weight excluding hydrogens is 268 g/mol. The van der Waals surface area contributed by atoms with Gasteiger partial charge in [0.2, 0.25) is 5.91 Å². The van der Waals surface area contributed by atoms with Crippen molar-refractivity contribution in [2.45, 2.75) is 27.2 Å². The molecule has 112 valence electrons. The maximum absolute atomic E-state index is 12.4. The summed E-state index contributed by atoms with van der Waals surface area (Å²) in [5.41, 5.74) is 0.839. The molecule has 1 unspecified atom stereocenters. The third kappa shape index (κ3) is 4.60. The van der Waals surface area contributed by atoms with Gasteiger partial charge in [0, 0.05) is 13.0 Å². The number of rotatable bonds is 6. The Labute approximate surface area is 124 Å². The third-order valence-electron chi connectivity index (χ3n) is 3.08. The molecule has 0 aliphatic carbocycles. The van der Waals surface area contributed by atoms with Gasteiger partial charge in [0.05, 0.1) is 17.2 Å². The van der Waals surface area contributed by atoms with Gasteiger partial charge in [-0.3, -0.25) is 9.59 Å². The second-order valence-corrected chi connectivity index (χ2v) is 5.47. The van der Waals surface area contributed by atoms with Gasteiger partial charge < -0.3 is 10.0 Å². The molecule has 5 heteroatoms. The zero-order valence-electron chi connectivity index (χ0n) is 12.5. The van der Waals surface area contributed by atoms with Crippen molar-refractivity contribution in [3.63, 3.8) is 0 Å². The number of carboxylic acid groups (broad SMARTS) is 1. The zero-order valence-corrected chi connectivity index (χ0v) is 12.5. The van der Waals surface area contributed by atoms with Crippen molar-refractivity contribution in [3.05, 3.63) is 29.8 Å². The summed E-state index contributed by atoms with van der Waals surface area (Å²) in [6.07, 6.45) is 0.312. The highest BCUT2D eigenvalue weighted by atomic mass is 16.4. The fourth-order valence-electron chi connectivity index (χ4n) is 1.95. The van der Waals surface area contributed by atoms with Crippen LogP contribution < -0.4 is 4.90 Å². The van der Waals surface area contributed by atoms with Gasteiger partial charge in [0.15, 0.2) is 0 Å². The molecule has 0 aliphatic rings. The Morgan fingerprint density at radius 1 is 1.29 bits per heavy atom. The van der Waals surface area contributed by atoms with Crippen LogP contribution in [0.4, 0.5) is 5.69 Å². The van der Waals surface area contributed by atoms with E-state index < -0.39 is 11.9 Å². The number of carboxylic acids is 1. The van der Waals surface area contributed by atoms with Gasteiger partial charge in [-0.1, -0.05) is 32.9 Å². The Kier molecular flexibility index (Phi) is 5.92. The first-order valence-corrected chi connectivity index (χ1v) is 6.89. The maximum atomic E-state index is 12.4. The normalized spacial score (nSPS) is 11.8. The number of carbonyl (C=O) groups is 2. The summed E-state index contributed by atoms with van der Waals surface area (Å²) >= 11 is 0. The van der Waals surface area contributed by atoms with E-state index in [1.54, 1.807) is 31.2 Å². The smallest absolute Gasteiger partial charge is 0.308 e. The van der Waals surface area contributed by atoms with Gasteiger partial charge in [-0.2, -0.15) is 5.26 Å². The van der Waals surface area contributed by atoms with Crippen molar-refractivity contribution in [1.29, 1.82) is 5.26 Å². The standard InChI is InChI=1S/C16H20N2O3/c1-11(2)8-15(19)18(10-12(3)16(20)21)14-7-5-4-6-13(14)9-17/h4-7,11-12H,8,10H2,1-3H3,(H,20,21). The molecule has 0 radical (unpaired) electrons. The van der Waals surface area contributed by atoms with Crippen LogP contribution >= 0.6 is 0 Å². The molecule has 0 saturated carbocycles. The monoisotopic (exact) mass is 288 g/mol. The largest absolute Gasteiger partial charge is 0.481 e. The number of nitrogens with zero attached hydrogens (tertiary/aromatic N) is 2. The van der Waals surface area contributed by atoms with E-state index in [0.717, 1.165) is 0 Å². The van der Waals surface area contributed by atoms with Gasteiger partial charge in [0.1, 0.15) is 6.07 Å². The SMILES string of the molecule is CC(C)CC(=O)N(CC(C)C(=O)O)c1ccccc1C#N. The van der Waals surface area contributed by atoms with Crippen molar-refractivity contribution >= 4 is 17.6 Å². The Bertz CT molecular complexity index is 561. The van der Waals surface area contributed by atoms with E-state index in [0.29, 0.717) is 17.7 Å². The first-order valence-electron chi connectivity index (χ1n) is 6.89. The van der Waals surface area contributed by atoms with Crippen LogP contribution in [-0.4, -0.2) is 23.5 Å². The average Bonchev–Trinajstić information content (AvgIpc) is 2.43. The minimum atomic E-state index is -0.966. The highest BCUT2D eigenvalue weighted by Gasteiger charge is 2.24. The topological polar surface area (TPSA) is 81.4 Å². The first-order chi connectivity index (χ1) is 9.86. The van der Waals surface area contributed by atoms with Crippen LogP contribution in [0.25, 0.3) is 0 Å². The zero-order chi connectivity index (χ0) is 16.0. The van der Waals surface area contributed by atoms with E-state index >= 15 is 0 Å². The van der Waals surface area contributed by atoms with Gasteiger partial charge in [0.25, 0.3) is 0 Å². The van der Waals surface area contributed by atoms with Crippen molar-refractivity contribution in [2.75, 3.05) is 11.4 Å². The quantitative estimate of drug-likeness (QED) is 0.872. The van der Waals surface area contributed by atoms with Crippen molar-refractivity contribution in [2.24, 2.45) is 11.8 Å². The number of benzene rings is 1. The number of hydrogen-bond donors (Lipinski definition) is 1. The maximum Gasteiger partial charge on any atom is 0.308 e. The number of hydrogen-bond acceptors (Lipinski definition) is 3. The summed E-state index contributed by atoms with van der Waals surface area (Å²) in [5.74, 6) is -1.67. The van der Waals surface area contributed by atoms with E-state index in [4.69, 9.17) is 5.11 Å². The highest BCUT2D eigenvalue weighted by Crippen LogP contribution is 2.22. The Morgan fingerprint density at radius 3 is 2.43 bits per heavy atom. The summed E-state index contributed by atoms with van der Waals surface area (Å²) in [7, 11) is 0. The number of anilines is 1. The minimum Gasteiger partial charge on any atom is -0.481 e. The molecule has 0 fully saturated rings. The molecule has 0 bridgehead atoms. The van der Waals surface area contributed by atoms with Gasteiger partial charge >= 0.3 is 5.97 Å². The summed E-state index contributed by atoms with van der Waals surface area (Å²) < 4.78 is 0. The minimum absolute atomic E-state index is 0.0551. The van der Waals surface area contributed by atoms with E-state index in [1.165, 1.54) is 4.90 Å². The van der Waals surface area contributed by atoms with Crippen molar-refractivity contribution in [3.8, 4) is 6.07 Å². The fourth-order valence-corrected chi connectivity index (χ4v) is 1.95. The molecular formula is C16H20N2O3. The molecule has 0 saturated heterocycles. The fraction of sp³-hybridized carbons (Fsp3) is 0.438. The lowest BCUT2D eigenvalue weighted by atomic mass is 10.1.